The van der Waals surface area contributed by atoms with Crippen molar-refractivity contribution in [1.82, 2.24) is 10.6 Å². The van der Waals surface area contributed by atoms with Crippen molar-refractivity contribution >= 4 is 23.4 Å². The summed E-state index contributed by atoms with van der Waals surface area (Å²) in [6, 6.07) is 9.37. The molecule has 2 aromatic carbocycles. The van der Waals surface area contributed by atoms with E-state index in [1.54, 1.807) is 0 Å². The Morgan fingerprint density at radius 3 is 2.32 bits per heavy atom. The van der Waals surface area contributed by atoms with E-state index in [1.165, 1.54) is 36.4 Å². The van der Waals surface area contributed by atoms with E-state index < -0.39 is 5.82 Å². The van der Waals surface area contributed by atoms with Crippen LogP contribution in [0.4, 0.5) is 8.78 Å². The Hall–Kier alpha value is -2.87. The lowest BCUT2D eigenvalue weighted by molar-refractivity contribution is -0.126. The van der Waals surface area contributed by atoms with Crippen LogP contribution in [0.25, 0.3) is 0 Å². The van der Waals surface area contributed by atoms with Crippen LogP contribution in [-0.4, -0.2) is 36.6 Å². The second-order valence-electron chi connectivity index (χ2n) is 7.98. The number of rotatable bonds is 8. The van der Waals surface area contributed by atoms with Gasteiger partial charge in [0, 0.05) is 17.6 Å². The molecule has 3 aliphatic rings. The molecule has 9 heteroatoms. The third kappa shape index (κ3) is 5.07. The van der Waals surface area contributed by atoms with E-state index in [1.807, 2.05) is 0 Å². The molecule has 2 aromatic rings. The minimum atomic E-state index is -0.614. The van der Waals surface area contributed by atoms with Gasteiger partial charge in [0.05, 0.1) is 5.02 Å². The molecule has 0 aromatic heterocycles. The number of fused-ring (bicyclic) bond motifs is 1. The molecule has 0 aliphatic heterocycles. The van der Waals surface area contributed by atoms with Crippen molar-refractivity contribution in [2.24, 2.45) is 5.92 Å². The zero-order valence-corrected chi connectivity index (χ0v) is 17.3. The summed E-state index contributed by atoms with van der Waals surface area (Å²) in [5, 5.41) is 5.91. The molecular formula is C22H21ClF2N2O4. The van der Waals surface area contributed by atoms with Crippen LogP contribution >= 0.6 is 11.6 Å². The van der Waals surface area contributed by atoms with Crippen molar-refractivity contribution in [3.63, 3.8) is 0 Å². The maximum Gasteiger partial charge on any atom is 0.258 e. The van der Waals surface area contributed by atoms with Gasteiger partial charge < -0.3 is 20.1 Å². The topological polar surface area (TPSA) is 76.7 Å². The highest BCUT2D eigenvalue weighted by Gasteiger charge is 2.57. The Balaban J connectivity index is 1.20. The van der Waals surface area contributed by atoms with Crippen LogP contribution in [0.15, 0.2) is 42.5 Å². The fraction of sp³-hybridized carbons (Fsp3) is 0.364. The number of nitrogens with one attached hydrogen (secondary N) is 2. The predicted molar refractivity (Wildman–Crippen MR) is 109 cm³/mol. The summed E-state index contributed by atoms with van der Waals surface area (Å²) in [6.07, 6.45) is 2.19. The lowest BCUT2D eigenvalue weighted by Gasteiger charge is -2.39. The first-order valence-corrected chi connectivity index (χ1v) is 10.3. The highest BCUT2D eigenvalue weighted by molar-refractivity contribution is 6.30. The van der Waals surface area contributed by atoms with Gasteiger partial charge in [0.2, 0.25) is 0 Å². The van der Waals surface area contributed by atoms with E-state index in [0.717, 1.165) is 18.9 Å². The molecule has 5 rings (SSSR count). The zero-order valence-electron chi connectivity index (χ0n) is 16.5. The van der Waals surface area contributed by atoms with E-state index in [9.17, 15) is 18.4 Å². The predicted octanol–water partition coefficient (Wildman–Crippen LogP) is 3.23. The molecule has 6 nitrogen and oxygen atoms in total. The highest BCUT2D eigenvalue weighted by Crippen LogP contribution is 2.51. The number of halogens is 3. The largest absolute Gasteiger partial charge is 0.484 e. The molecule has 0 spiro atoms. The van der Waals surface area contributed by atoms with E-state index in [0.29, 0.717) is 12.2 Å². The average Bonchev–Trinajstić information content (AvgIpc) is 3.22. The van der Waals surface area contributed by atoms with Crippen molar-refractivity contribution in [2.75, 3.05) is 13.2 Å². The van der Waals surface area contributed by atoms with Crippen LogP contribution in [0.1, 0.15) is 19.3 Å². The van der Waals surface area contributed by atoms with Crippen molar-refractivity contribution < 1.29 is 27.8 Å². The quantitative estimate of drug-likeness (QED) is 0.647. The summed E-state index contributed by atoms with van der Waals surface area (Å²) in [7, 11) is 0. The molecule has 0 radical (unpaired) electrons. The molecule has 3 fully saturated rings. The van der Waals surface area contributed by atoms with Crippen molar-refractivity contribution in [2.45, 2.75) is 30.8 Å². The maximum atomic E-state index is 13.4. The first-order valence-electron chi connectivity index (χ1n) is 9.88. The Bertz CT molecular complexity index is 980. The van der Waals surface area contributed by atoms with Gasteiger partial charge in [-0.3, -0.25) is 9.59 Å². The summed E-state index contributed by atoms with van der Waals surface area (Å²) in [5.74, 6) is -0.638. The average molecular weight is 451 g/mol. The number of hydrogen-bond donors (Lipinski definition) is 2. The molecule has 1 atom stereocenters. The molecule has 2 amide bonds. The molecule has 164 valence electrons. The SMILES string of the molecule is O=C(COc1ccc(Cl)c(F)c1)NC1CC2(NC(=O)COc3ccc(F)cc3)CC1C2. The third-order valence-electron chi connectivity index (χ3n) is 5.68. The standard InChI is InChI=1S/C22H21ClF2N2O4/c23-17-6-5-16(7-18(17)25)31-11-20(28)26-19-10-22(8-13(19)9-22)27-21(29)12-30-15-3-1-14(24)2-4-15/h1-7,13,19H,8-12H2,(H,26,28)(H,27,29). The smallest absolute Gasteiger partial charge is 0.258 e. The number of benzene rings is 2. The van der Waals surface area contributed by atoms with Gasteiger partial charge in [-0.05, 0) is 61.6 Å². The summed E-state index contributed by atoms with van der Waals surface area (Å²) in [5.41, 5.74) is -0.341. The number of carbonyl (C=O) groups excluding carboxylic acids is 2. The minimum Gasteiger partial charge on any atom is -0.484 e. The van der Waals surface area contributed by atoms with Gasteiger partial charge in [0.25, 0.3) is 11.8 Å². The lowest BCUT2D eigenvalue weighted by Crippen LogP contribution is -2.53. The molecular weight excluding hydrogens is 430 g/mol. The fourth-order valence-corrected chi connectivity index (χ4v) is 4.40. The Morgan fingerprint density at radius 2 is 1.61 bits per heavy atom. The van der Waals surface area contributed by atoms with Gasteiger partial charge in [0.1, 0.15) is 23.1 Å². The van der Waals surface area contributed by atoms with E-state index in [-0.39, 0.29) is 59.1 Å². The molecule has 0 saturated heterocycles. The molecule has 3 saturated carbocycles. The summed E-state index contributed by atoms with van der Waals surface area (Å²) >= 11 is 5.62. The molecule has 3 aliphatic carbocycles. The molecule has 2 N–H and O–H groups in total. The fourth-order valence-electron chi connectivity index (χ4n) is 4.28. The summed E-state index contributed by atoms with van der Waals surface area (Å²) in [4.78, 5) is 24.5. The van der Waals surface area contributed by atoms with Crippen LogP contribution in [0, 0.1) is 17.6 Å². The van der Waals surface area contributed by atoms with E-state index in [4.69, 9.17) is 21.1 Å². The number of hydrogen-bond acceptors (Lipinski definition) is 4. The van der Waals surface area contributed by atoms with Gasteiger partial charge in [-0.1, -0.05) is 11.6 Å². The first-order chi connectivity index (χ1) is 14.8. The Labute approximate surface area is 182 Å². The minimum absolute atomic E-state index is 0.0158. The molecule has 31 heavy (non-hydrogen) atoms. The van der Waals surface area contributed by atoms with Gasteiger partial charge in [0.15, 0.2) is 13.2 Å². The third-order valence-corrected chi connectivity index (χ3v) is 5.99. The molecule has 1 unspecified atom stereocenters. The summed E-state index contributed by atoms with van der Waals surface area (Å²) in [6.45, 7) is -0.407. The van der Waals surface area contributed by atoms with Crippen molar-refractivity contribution in [1.29, 1.82) is 0 Å². The highest BCUT2D eigenvalue weighted by atomic mass is 35.5. The number of carbonyl (C=O) groups is 2. The van der Waals surface area contributed by atoms with Gasteiger partial charge in [-0.25, -0.2) is 8.78 Å². The second-order valence-corrected chi connectivity index (χ2v) is 8.39. The Kier molecular flexibility index (Phi) is 6.00. The van der Waals surface area contributed by atoms with Crippen LogP contribution in [0.3, 0.4) is 0 Å². The number of ether oxygens (including phenoxy) is 2. The van der Waals surface area contributed by atoms with Gasteiger partial charge >= 0.3 is 0 Å². The van der Waals surface area contributed by atoms with Crippen LogP contribution in [0.5, 0.6) is 11.5 Å². The maximum absolute atomic E-state index is 13.4. The summed E-state index contributed by atoms with van der Waals surface area (Å²) < 4.78 is 37.0. The van der Waals surface area contributed by atoms with Crippen LogP contribution in [0.2, 0.25) is 5.02 Å². The van der Waals surface area contributed by atoms with Crippen molar-refractivity contribution in [3.05, 3.63) is 59.1 Å². The van der Waals surface area contributed by atoms with Gasteiger partial charge in [-0.2, -0.15) is 0 Å². The number of amides is 2. The second kappa shape index (κ2) is 8.70. The Morgan fingerprint density at radius 1 is 0.968 bits per heavy atom. The molecule has 2 bridgehead atoms. The normalized spacial score (nSPS) is 23.6. The van der Waals surface area contributed by atoms with Crippen LogP contribution < -0.4 is 20.1 Å². The molecule has 0 heterocycles. The van der Waals surface area contributed by atoms with Gasteiger partial charge in [-0.15, -0.1) is 0 Å². The monoisotopic (exact) mass is 450 g/mol. The zero-order chi connectivity index (χ0) is 22.0. The van der Waals surface area contributed by atoms with Crippen molar-refractivity contribution in [3.8, 4) is 11.5 Å². The van der Waals surface area contributed by atoms with E-state index in [2.05, 4.69) is 10.6 Å². The first kappa shape index (κ1) is 21.4. The van der Waals surface area contributed by atoms with E-state index >= 15 is 0 Å². The van der Waals surface area contributed by atoms with Crippen LogP contribution in [-0.2, 0) is 9.59 Å². The lowest BCUT2D eigenvalue weighted by atomic mass is 9.76.